The second kappa shape index (κ2) is 6.26. The molecule has 0 aromatic carbocycles. The Labute approximate surface area is 87.0 Å². The first-order chi connectivity index (χ1) is 6.86. The highest BCUT2D eigenvalue weighted by Crippen LogP contribution is 2.14. The van der Waals surface area contributed by atoms with Gasteiger partial charge in [0.15, 0.2) is 5.82 Å². The first-order valence-corrected chi connectivity index (χ1v) is 5.26. The molecule has 14 heavy (non-hydrogen) atoms. The predicted octanol–water partition coefficient (Wildman–Crippen LogP) is 2.92. The van der Waals surface area contributed by atoms with E-state index in [-0.39, 0.29) is 0 Å². The number of ether oxygens (including phenoxy) is 1. The minimum Gasteiger partial charge on any atom is -0.492 e. The SMILES string of the molecule is CCCCOc1ccc(N=S=N)nc1. The van der Waals surface area contributed by atoms with Crippen molar-refractivity contribution in [2.24, 2.45) is 4.36 Å². The van der Waals surface area contributed by atoms with Gasteiger partial charge in [0.05, 0.1) is 24.2 Å². The van der Waals surface area contributed by atoms with E-state index < -0.39 is 0 Å². The Morgan fingerprint density at radius 2 is 2.43 bits per heavy atom. The standard InChI is InChI=1S/C9H13N3OS/c1-2-3-6-13-8-4-5-9(11-7-8)12-14-10/h4-5,7,10H,2-3,6H2,1H3. The molecule has 76 valence electrons. The number of nitrogens with one attached hydrogen (secondary N) is 1. The van der Waals surface area contributed by atoms with E-state index in [1.54, 1.807) is 12.3 Å². The largest absolute Gasteiger partial charge is 0.492 e. The van der Waals surface area contributed by atoms with Crippen LogP contribution in [0.5, 0.6) is 5.75 Å². The lowest BCUT2D eigenvalue weighted by atomic mass is 10.3. The second-order valence-electron chi connectivity index (χ2n) is 2.74. The van der Waals surface area contributed by atoms with Gasteiger partial charge in [-0.05, 0) is 18.6 Å². The zero-order valence-corrected chi connectivity index (χ0v) is 8.88. The zero-order chi connectivity index (χ0) is 10.2. The van der Waals surface area contributed by atoms with Gasteiger partial charge >= 0.3 is 0 Å². The van der Waals surface area contributed by atoms with Crippen LogP contribution in [-0.4, -0.2) is 11.6 Å². The molecule has 0 atom stereocenters. The second-order valence-corrected chi connectivity index (χ2v) is 3.10. The molecule has 0 saturated carbocycles. The van der Waals surface area contributed by atoms with Crippen molar-refractivity contribution in [2.45, 2.75) is 19.8 Å². The van der Waals surface area contributed by atoms with E-state index >= 15 is 0 Å². The maximum Gasteiger partial charge on any atom is 0.166 e. The van der Waals surface area contributed by atoms with Crippen molar-refractivity contribution >= 4 is 17.2 Å². The van der Waals surface area contributed by atoms with E-state index in [0.717, 1.165) is 25.2 Å². The quantitative estimate of drug-likeness (QED) is 0.761. The number of hydrogen-bond donors (Lipinski definition) is 1. The van der Waals surface area contributed by atoms with Crippen LogP contribution in [0, 0.1) is 4.78 Å². The lowest BCUT2D eigenvalue weighted by Gasteiger charge is -2.03. The van der Waals surface area contributed by atoms with Crippen LogP contribution in [0.2, 0.25) is 0 Å². The minimum absolute atomic E-state index is 0.549. The summed E-state index contributed by atoms with van der Waals surface area (Å²) in [5.41, 5.74) is 0. The summed E-state index contributed by atoms with van der Waals surface area (Å²) in [4.78, 5) is 4.01. The summed E-state index contributed by atoms with van der Waals surface area (Å²) in [5, 5.41) is 0. The van der Waals surface area contributed by atoms with Crippen molar-refractivity contribution in [1.29, 1.82) is 4.78 Å². The molecule has 0 amide bonds. The average Bonchev–Trinajstić information content (AvgIpc) is 2.21. The molecule has 0 aliphatic carbocycles. The van der Waals surface area contributed by atoms with Gasteiger partial charge in [0.2, 0.25) is 0 Å². The van der Waals surface area contributed by atoms with Crippen LogP contribution < -0.4 is 4.74 Å². The van der Waals surface area contributed by atoms with Gasteiger partial charge in [0.1, 0.15) is 5.75 Å². The number of rotatable bonds is 5. The molecular weight excluding hydrogens is 198 g/mol. The highest BCUT2D eigenvalue weighted by atomic mass is 32.1. The number of aromatic nitrogens is 1. The van der Waals surface area contributed by atoms with Crippen LogP contribution in [0.1, 0.15) is 19.8 Å². The van der Waals surface area contributed by atoms with Crippen molar-refractivity contribution in [2.75, 3.05) is 6.61 Å². The molecule has 0 bridgehead atoms. The van der Waals surface area contributed by atoms with E-state index in [9.17, 15) is 0 Å². The molecule has 1 heterocycles. The van der Waals surface area contributed by atoms with E-state index in [0.29, 0.717) is 17.2 Å². The number of hydrogen-bond acceptors (Lipinski definition) is 4. The fourth-order valence-electron chi connectivity index (χ4n) is 0.893. The van der Waals surface area contributed by atoms with Gasteiger partial charge in [-0.3, -0.25) is 0 Å². The summed E-state index contributed by atoms with van der Waals surface area (Å²) in [6.45, 7) is 2.84. The topological polar surface area (TPSA) is 58.3 Å². The maximum absolute atomic E-state index is 6.81. The van der Waals surface area contributed by atoms with Crippen molar-refractivity contribution in [3.05, 3.63) is 18.3 Å². The van der Waals surface area contributed by atoms with Crippen LogP contribution in [0.25, 0.3) is 0 Å². The zero-order valence-electron chi connectivity index (χ0n) is 8.06. The Hall–Kier alpha value is -1.23. The van der Waals surface area contributed by atoms with Gasteiger partial charge in [0.25, 0.3) is 0 Å². The van der Waals surface area contributed by atoms with Gasteiger partial charge in [-0.15, -0.1) is 0 Å². The summed E-state index contributed by atoms with van der Waals surface area (Å²) in [5.74, 6) is 1.31. The third kappa shape index (κ3) is 3.66. The highest BCUT2D eigenvalue weighted by Gasteiger charge is 1.94. The minimum atomic E-state index is 0.549. The Balaban J connectivity index is 2.50. The Morgan fingerprint density at radius 1 is 1.57 bits per heavy atom. The van der Waals surface area contributed by atoms with E-state index in [1.165, 1.54) is 0 Å². The van der Waals surface area contributed by atoms with E-state index in [4.69, 9.17) is 9.52 Å². The normalized spacial score (nSPS) is 9.50. The molecule has 1 N–H and O–H groups in total. The van der Waals surface area contributed by atoms with Crippen molar-refractivity contribution < 1.29 is 4.74 Å². The number of pyridine rings is 1. The summed E-state index contributed by atoms with van der Waals surface area (Å²) >= 11 is 0.654. The molecule has 0 fully saturated rings. The molecule has 0 aliphatic heterocycles. The van der Waals surface area contributed by atoms with Crippen LogP contribution in [-0.2, 0) is 11.4 Å². The average molecular weight is 211 g/mol. The molecule has 0 spiro atoms. The van der Waals surface area contributed by atoms with Crippen LogP contribution in [0.15, 0.2) is 22.7 Å². The van der Waals surface area contributed by atoms with Crippen molar-refractivity contribution in [3.8, 4) is 5.75 Å². The lowest BCUT2D eigenvalue weighted by molar-refractivity contribution is 0.308. The summed E-state index contributed by atoms with van der Waals surface area (Å²) in [7, 11) is 0. The number of nitrogens with zero attached hydrogens (tertiary/aromatic N) is 2. The Bertz CT molecular complexity index is 319. The molecule has 1 rings (SSSR count). The summed E-state index contributed by atoms with van der Waals surface area (Å²) < 4.78 is 16.0. The highest BCUT2D eigenvalue weighted by molar-refractivity contribution is 7.56. The first kappa shape index (κ1) is 10.8. The molecule has 0 radical (unpaired) electrons. The molecule has 0 saturated heterocycles. The van der Waals surface area contributed by atoms with Gasteiger partial charge in [0, 0.05) is 0 Å². The molecule has 4 nitrogen and oxygen atoms in total. The molecule has 5 heteroatoms. The Kier molecular flexibility index (Phi) is 4.85. The molecule has 0 unspecified atom stereocenters. The number of unbranched alkanes of at least 4 members (excludes halogenated alkanes) is 1. The van der Waals surface area contributed by atoms with Crippen LogP contribution >= 0.6 is 0 Å². The maximum atomic E-state index is 6.81. The lowest BCUT2D eigenvalue weighted by Crippen LogP contribution is -1.96. The van der Waals surface area contributed by atoms with Crippen LogP contribution in [0.3, 0.4) is 0 Å². The van der Waals surface area contributed by atoms with E-state index in [1.807, 2.05) is 6.07 Å². The fourth-order valence-corrected chi connectivity index (χ4v) is 1.09. The fraction of sp³-hybridized carbons (Fsp3) is 0.444. The van der Waals surface area contributed by atoms with Crippen LogP contribution in [0.4, 0.5) is 5.82 Å². The Morgan fingerprint density at radius 3 is 3.00 bits per heavy atom. The van der Waals surface area contributed by atoms with Crippen molar-refractivity contribution in [3.63, 3.8) is 0 Å². The third-order valence-electron chi connectivity index (χ3n) is 1.63. The molecule has 0 aliphatic rings. The van der Waals surface area contributed by atoms with Gasteiger partial charge in [-0.25, -0.2) is 9.76 Å². The third-order valence-corrected chi connectivity index (χ3v) is 1.90. The van der Waals surface area contributed by atoms with Gasteiger partial charge in [-0.1, -0.05) is 13.3 Å². The first-order valence-electron chi connectivity index (χ1n) is 4.49. The molecular formula is C9H13N3OS. The smallest absolute Gasteiger partial charge is 0.166 e. The summed E-state index contributed by atoms with van der Waals surface area (Å²) in [6.07, 6.45) is 3.80. The van der Waals surface area contributed by atoms with Gasteiger partial charge < -0.3 is 4.74 Å². The predicted molar refractivity (Wildman–Crippen MR) is 56.8 cm³/mol. The monoisotopic (exact) mass is 211 g/mol. The van der Waals surface area contributed by atoms with Crippen molar-refractivity contribution in [1.82, 2.24) is 4.98 Å². The summed E-state index contributed by atoms with van der Waals surface area (Å²) in [6, 6.07) is 3.56. The van der Waals surface area contributed by atoms with Gasteiger partial charge in [-0.2, -0.15) is 4.36 Å². The molecule has 1 aromatic heterocycles. The van der Waals surface area contributed by atoms with E-state index in [2.05, 4.69) is 16.3 Å². The molecule has 1 aromatic rings.